The largest absolute Gasteiger partial charge is 0.494 e. The number of anilines is 1. The van der Waals surface area contributed by atoms with Gasteiger partial charge in [0.05, 0.1) is 18.6 Å². The van der Waals surface area contributed by atoms with Crippen LogP contribution in [-0.4, -0.2) is 40.3 Å². The molecule has 0 aliphatic carbocycles. The van der Waals surface area contributed by atoms with E-state index >= 15 is 0 Å². The summed E-state index contributed by atoms with van der Waals surface area (Å²) in [5.41, 5.74) is 0.438. The molecule has 0 aliphatic heterocycles. The molecule has 0 saturated carbocycles. The minimum absolute atomic E-state index is 0.229. The minimum Gasteiger partial charge on any atom is -0.494 e. The molecule has 0 radical (unpaired) electrons. The molecule has 1 aromatic carbocycles. The summed E-state index contributed by atoms with van der Waals surface area (Å²) in [6.07, 6.45) is 1.88. The molecule has 6 nitrogen and oxygen atoms in total. The van der Waals surface area contributed by atoms with E-state index in [0.717, 1.165) is 17.0 Å². The first kappa shape index (κ1) is 17.3. The summed E-state index contributed by atoms with van der Waals surface area (Å²) < 4.78 is 30.1. The number of amides is 1. The lowest BCUT2D eigenvalue weighted by Gasteiger charge is -2.22. The lowest BCUT2D eigenvalue weighted by atomic mass is 10.3. The van der Waals surface area contributed by atoms with Crippen LogP contribution in [0.5, 0.6) is 5.75 Å². The average Bonchev–Trinajstić information content (AvgIpc) is 2.43. The number of rotatable bonds is 8. The monoisotopic (exact) mass is 314 g/mol. The van der Waals surface area contributed by atoms with E-state index in [-0.39, 0.29) is 12.5 Å². The van der Waals surface area contributed by atoms with Crippen LogP contribution >= 0.6 is 0 Å². The summed E-state index contributed by atoms with van der Waals surface area (Å²) >= 11 is 0. The molecule has 1 N–H and O–H groups in total. The van der Waals surface area contributed by atoms with Gasteiger partial charge in [0.2, 0.25) is 15.9 Å². The van der Waals surface area contributed by atoms with Crippen molar-refractivity contribution in [3.8, 4) is 5.75 Å². The molecule has 0 heterocycles. The number of sulfonamides is 1. The van der Waals surface area contributed by atoms with Crippen molar-refractivity contribution in [2.45, 2.75) is 20.3 Å². The number of nitrogens with zero attached hydrogens (tertiary/aromatic N) is 1. The van der Waals surface area contributed by atoms with Gasteiger partial charge >= 0.3 is 0 Å². The first-order valence-electron chi connectivity index (χ1n) is 6.85. The highest BCUT2D eigenvalue weighted by Crippen LogP contribution is 2.21. The Balaban J connectivity index is 2.90. The van der Waals surface area contributed by atoms with Gasteiger partial charge in [-0.25, -0.2) is 8.42 Å². The molecular formula is C14H22N2O4S. The van der Waals surface area contributed by atoms with E-state index in [1.165, 1.54) is 0 Å². The Morgan fingerprint density at radius 3 is 2.33 bits per heavy atom. The fraction of sp³-hybridized carbons (Fsp3) is 0.500. The maximum absolute atomic E-state index is 11.9. The third-order valence-electron chi connectivity index (χ3n) is 2.70. The number of carbonyl (C=O) groups is 1. The summed E-state index contributed by atoms with van der Waals surface area (Å²) in [6.45, 7) is 4.64. The number of hydrogen-bond acceptors (Lipinski definition) is 4. The molecule has 118 valence electrons. The third-order valence-corrected chi connectivity index (χ3v) is 3.84. The zero-order valence-corrected chi connectivity index (χ0v) is 13.4. The van der Waals surface area contributed by atoms with E-state index in [0.29, 0.717) is 24.6 Å². The Bertz CT molecular complexity index is 555. The number of ether oxygens (including phenoxy) is 1. The second-order valence-corrected chi connectivity index (χ2v) is 6.45. The van der Waals surface area contributed by atoms with Gasteiger partial charge in [-0.2, -0.15) is 0 Å². The summed E-state index contributed by atoms with van der Waals surface area (Å²) in [6, 6.07) is 6.61. The summed E-state index contributed by atoms with van der Waals surface area (Å²) in [4.78, 5) is 11.8. The molecule has 1 rings (SSSR count). The minimum atomic E-state index is -3.53. The smallest absolute Gasteiger partial charge is 0.240 e. The molecule has 0 aliphatic rings. The molecule has 7 heteroatoms. The van der Waals surface area contributed by atoms with Crippen LogP contribution in [0.3, 0.4) is 0 Å². The Morgan fingerprint density at radius 1 is 1.24 bits per heavy atom. The quantitative estimate of drug-likeness (QED) is 0.786. The van der Waals surface area contributed by atoms with Gasteiger partial charge in [-0.15, -0.1) is 0 Å². The molecule has 0 saturated heterocycles. The van der Waals surface area contributed by atoms with Crippen LogP contribution in [0.25, 0.3) is 0 Å². The maximum atomic E-state index is 11.9. The van der Waals surface area contributed by atoms with Gasteiger partial charge in [0.15, 0.2) is 0 Å². The van der Waals surface area contributed by atoms with Crippen LogP contribution in [0.15, 0.2) is 24.3 Å². The van der Waals surface area contributed by atoms with Crippen molar-refractivity contribution in [2.75, 3.05) is 30.3 Å². The molecular weight excluding hydrogens is 292 g/mol. The maximum Gasteiger partial charge on any atom is 0.240 e. The normalized spacial score (nSPS) is 11.0. The zero-order chi connectivity index (χ0) is 15.9. The lowest BCUT2D eigenvalue weighted by molar-refractivity contribution is -0.119. The second-order valence-electron chi connectivity index (χ2n) is 4.55. The van der Waals surface area contributed by atoms with Gasteiger partial charge in [-0.05, 0) is 37.6 Å². The van der Waals surface area contributed by atoms with Crippen molar-refractivity contribution < 1.29 is 17.9 Å². The van der Waals surface area contributed by atoms with Crippen molar-refractivity contribution in [2.24, 2.45) is 0 Å². The highest BCUT2D eigenvalue weighted by atomic mass is 32.2. The van der Waals surface area contributed by atoms with Crippen molar-refractivity contribution in [3.05, 3.63) is 24.3 Å². The molecule has 0 aromatic heterocycles. The van der Waals surface area contributed by atoms with E-state index in [4.69, 9.17) is 4.74 Å². The van der Waals surface area contributed by atoms with Crippen LogP contribution in [0.1, 0.15) is 20.3 Å². The fourth-order valence-electron chi connectivity index (χ4n) is 1.73. The summed E-state index contributed by atoms with van der Waals surface area (Å²) in [7, 11) is -3.53. The Kier molecular flexibility index (Phi) is 6.48. The predicted molar refractivity (Wildman–Crippen MR) is 83.1 cm³/mol. The first-order valence-corrected chi connectivity index (χ1v) is 8.70. The SMILES string of the molecule is CCCNC(=O)CN(c1ccc(OCC)cc1)S(C)(=O)=O. The number of benzene rings is 1. The Labute approximate surface area is 126 Å². The second kappa shape index (κ2) is 7.87. The van der Waals surface area contributed by atoms with Crippen molar-refractivity contribution >= 4 is 21.6 Å². The average molecular weight is 314 g/mol. The van der Waals surface area contributed by atoms with Gasteiger partial charge in [-0.1, -0.05) is 6.92 Å². The van der Waals surface area contributed by atoms with E-state index < -0.39 is 10.0 Å². The van der Waals surface area contributed by atoms with Gasteiger partial charge in [0.25, 0.3) is 0 Å². The van der Waals surface area contributed by atoms with E-state index in [2.05, 4.69) is 5.32 Å². The van der Waals surface area contributed by atoms with Crippen molar-refractivity contribution in [3.63, 3.8) is 0 Å². The highest BCUT2D eigenvalue weighted by molar-refractivity contribution is 7.92. The fourth-order valence-corrected chi connectivity index (χ4v) is 2.58. The number of carbonyl (C=O) groups excluding carboxylic acids is 1. The number of nitrogens with one attached hydrogen (secondary N) is 1. The van der Waals surface area contributed by atoms with E-state index in [1.54, 1.807) is 24.3 Å². The van der Waals surface area contributed by atoms with Crippen LogP contribution in [-0.2, 0) is 14.8 Å². The predicted octanol–water partition coefficient (Wildman–Crippen LogP) is 1.38. The highest BCUT2D eigenvalue weighted by Gasteiger charge is 2.20. The topological polar surface area (TPSA) is 75.7 Å². The molecule has 0 unspecified atom stereocenters. The van der Waals surface area contributed by atoms with Crippen LogP contribution in [0, 0.1) is 0 Å². The van der Waals surface area contributed by atoms with Gasteiger partial charge in [-0.3, -0.25) is 9.10 Å². The molecule has 21 heavy (non-hydrogen) atoms. The van der Waals surface area contributed by atoms with Crippen molar-refractivity contribution in [1.82, 2.24) is 5.32 Å². The Morgan fingerprint density at radius 2 is 1.86 bits per heavy atom. The Hall–Kier alpha value is -1.76. The van der Waals surface area contributed by atoms with Gasteiger partial charge in [0.1, 0.15) is 12.3 Å². The summed E-state index contributed by atoms with van der Waals surface area (Å²) in [5, 5.41) is 2.67. The van der Waals surface area contributed by atoms with Crippen LogP contribution in [0.2, 0.25) is 0 Å². The third kappa shape index (κ3) is 5.63. The molecule has 1 amide bonds. The number of hydrogen-bond donors (Lipinski definition) is 1. The standard InChI is InChI=1S/C14H22N2O4S/c1-4-10-15-14(17)11-16(21(3,18)19)12-6-8-13(9-7-12)20-5-2/h6-9H,4-5,10-11H2,1-3H3,(H,15,17). The first-order chi connectivity index (χ1) is 9.88. The van der Waals surface area contributed by atoms with Crippen LogP contribution < -0.4 is 14.4 Å². The van der Waals surface area contributed by atoms with E-state index in [1.807, 2.05) is 13.8 Å². The van der Waals surface area contributed by atoms with Crippen molar-refractivity contribution in [1.29, 1.82) is 0 Å². The molecule has 0 atom stereocenters. The van der Waals surface area contributed by atoms with Crippen LogP contribution in [0.4, 0.5) is 5.69 Å². The molecule has 0 fully saturated rings. The van der Waals surface area contributed by atoms with E-state index in [9.17, 15) is 13.2 Å². The van der Waals surface area contributed by atoms with Gasteiger partial charge in [0, 0.05) is 6.54 Å². The van der Waals surface area contributed by atoms with Gasteiger partial charge < -0.3 is 10.1 Å². The molecule has 0 spiro atoms. The molecule has 0 bridgehead atoms. The molecule has 1 aromatic rings. The lowest BCUT2D eigenvalue weighted by Crippen LogP contribution is -2.40. The zero-order valence-electron chi connectivity index (χ0n) is 12.6. The summed E-state index contributed by atoms with van der Waals surface area (Å²) in [5.74, 6) is 0.335.